The van der Waals surface area contributed by atoms with E-state index in [0.29, 0.717) is 30.2 Å². The van der Waals surface area contributed by atoms with E-state index in [9.17, 15) is 4.79 Å². The van der Waals surface area contributed by atoms with Gasteiger partial charge in [-0.3, -0.25) is 4.79 Å². The Labute approximate surface area is 133 Å². The van der Waals surface area contributed by atoms with Crippen LogP contribution in [-0.4, -0.2) is 32.1 Å². The molecule has 0 unspecified atom stereocenters. The second kappa shape index (κ2) is 6.43. The molecule has 23 heavy (non-hydrogen) atoms. The molecular weight excluding hydrogens is 294 g/mol. The highest BCUT2D eigenvalue weighted by Crippen LogP contribution is 2.14. The molecule has 7 nitrogen and oxygen atoms in total. The molecule has 7 heteroatoms. The largest absolute Gasteiger partial charge is 0.478 e. The minimum Gasteiger partial charge on any atom is -0.478 e. The van der Waals surface area contributed by atoms with Crippen LogP contribution in [0.5, 0.6) is 5.88 Å². The van der Waals surface area contributed by atoms with Crippen molar-refractivity contribution in [1.29, 1.82) is 0 Å². The Morgan fingerprint density at radius 2 is 2.17 bits per heavy atom. The maximum absolute atomic E-state index is 12.4. The van der Waals surface area contributed by atoms with E-state index in [1.807, 2.05) is 26.0 Å². The van der Waals surface area contributed by atoms with Crippen LogP contribution in [0.15, 0.2) is 36.8 Å². The Morgan fingerprint density at radius 1 is 1.30 bits per heavy atom. The van der Waals surface area contributed by atoms with E-state index in [2.05, 4.69) is 20.4 Å². The fourth-order valence-electron chi connectivity index (χ4n) is 2.31. The zero-order valence-electron chi connectivity index (χ0n) is 13.0. The van der Waals surface area contributed by atoms with E-state index in [1.165, 1.54) is 0 Å². The Hall–Kier alpha value is -2.96. The zero-order valence-corrected chi connectivity index (χ0v) is 13.0. The van der Waals surface area contributed by atoms with Gasteiger partial charge in [-0.2, -0.15) is 5.10 Å². The van der Waals surface area contributed by atoms with Crippen molar-refractivity contribution in [3.8, 4) is 5.88 Å². The monoisotopic (exact) mass is 311 g/mol. The van der Waals surface area contributed by atoms with Gasteiger partial charge in [-0.1, -0.05) is 6.07 Å². The molecule has 0 atom stereocenters. The van der Waals surface area contributed by atoms with Crippen LogP contribution in [0.2, 0.25) is 0 Å². The number of pyridine rings is 1. The number of amides is 1. The summed E-state index contributed by atoms with van der Waals surface area (Å²) < 4.78 is 7.10. The van der Waals surface area contributed by atoms with Gasteiger partial charge >= 0.3 is 0 Å². The third kappa shape index (κ3) is 2.98. The molecule has 0 fully saturated rings. The molecule has 3 rings (SSSR count). The normalized spacial score (nSPS) is 10.7. The van der Waals surface area contributed by atoms with Crippen LogP contribution in [-0.2, 0) is 6.54 Å². The quantitative estimate of drug-likeness (QED) is 0.776. The summed E-state index contributed by atoms with van der Waals surface area (Å²) in [5.41, 5.74) is 2.77. The summed E-state index contributed by atoms with van der Waals surface area (Å²) in [5, 5.41) is 7.03. The van der Waals surface area contributed by atoms with Crippen molar-refractivity contribution >= 4 is 11.6 Å². The fraction of sp³-hybridized carbons (Fsp3) is 0.250. The van der Waals surface area contributed by atoms with Crippen LogP contribution < -0.4 is 10.1 Å². The zero-order chi connectivity index (χ0) is 16.2. The molecular formula is C16H17N5O2. The topological polar surface area (TPSA) is 81.4 Å². The number of hydrogen-bond donors (Lipinski definition) is 1. The van der Waals surface area contributed by atoms with Gasteiger partial charge in [-0.15, -0.1) is 0 Å². The standard InChI is InChI=1S/C16H17N5O2/c1-3-23-16-12(5-4-7-17-16)9-19-15(22)13-10-18-14-6-8-20-21(14)11(13)2/h4-8,10H,3,9H2,1-2H3,(H,19,22). The lowest BCUT2D eigenvalue weighted by Gasteiger charge is -2.11. The number of rotatable bonds is 5. The summed E-state index contributed by atoms with van der Waals surface area (Å²) >= 11 is 0. The first kappa shape index (κ1) is 15.0. The second-order valence-electron chi connectivity index (χ2n) is 4.94. The van der Waals surface area contributed by atoms with Crippen molar-refractivity contribution in [2.45, 2.75) is 20.4 Å². The van der Waals surface area contributed by atoms with Gasteiger partial charge in [0.05, 0.1) is 24.1 Å². The predicted molar refractivity (Wildman–Crippen MR) is 84.3 cm³/mol. The number of nitrogens with one attached hydrogen (secondary N) is 1. The number of ether oxygens (including phenoxy) is 1. The minimum absolute atomic E-state index is 0.210. The minimum atomic E-state index is -0.210. The number of carbonyl (C=O) groups is 1. The summed E-state index contributed by atoms with van der Waals surface area (Å²) in [4.78, 5) is 20.8. The molecule has 3 heterocycles. The van der Waals surface area contributed by atoms with Crippen LogP contribution in [0.4, 0.5) is 0 Å². The summed E-state index contributed by atoms with van der Waals surface area (Å²) in [5.74, 6) is 0.325. The highest BCUT2D eigenvalue weighted by atomic mass is 16.5. The molecule has 118 valence electrons. The van der Waals surface area contributed by atoms with Gasteiger partial charge in [0, 0.05) is 30.6 Å². The number of nitrogens with zero attached hydrogens (tertiary/aromatic N) is 4. The van der Waals surface area contributed by atoms with E-state index < -0.39 is 0 Å². The molecule has 0 saturated carbocycles. The first-order valence-corrected chi connectivity index (χ1v) is 7.35. The Bertz CT molecular complexity index is 843. The molecule has 0 bridgehead atoms. The smallest absolute Gasteiger partial charge is 0.254 e. The average Bonchev–Trinajstić information content (AvgIpc) is 3.04. The highest BCUT2D eigenvalue weighted by Gasteiger charge is 2.14. The number of carbonyl (C=O) groups excluding carboxylic acids is 1. The van der Waals surface area contributed by atoms with Crippen LogP contribution in [0.1, 0.15) is 28.5 Å². The lowest BCUT2D eigenvalue weighted by Crippen LogP contribution is -2.25. The van der Waals surface area contributed by atoms with Gasteiger partial charge in [-0.25, -0.2) is 14.5 Å². The van der Waals surface area contributed by atoms with Crippen LogP contribution in [0, 0.1) is 6.92 Å². The summed E-state index contributed by atoms with van der Waals surface area (Å²) in [6.07, 6.45) is 4.88. The summed E-state index contributed by atoms with van der Waals surface area (Å²) in [7, 11) is 0. The summed E-state index contributed by atoms with van der Waals surface area (Å²) in [6.45, 7) is 4.59. The molecule has 1 amide bonds. The lowest BCUT2D eigenvalue weighted by atomic mass is 10.2. The van der Waals surface area contributed by atoms with Crippen molar-refractivity contribution in [1.82, 2.24) is 24.9 Å². The van der Waals surface area contributed by atoms with E-state index >= 15 is 0 Å². The van der Waals surface area contributed by atoms with Gasteiger partial charge < -0.3 is 10.1 Å². The van der Waals surface area contributed by atoms with Gasteiger partial charge in [0.25, 0.3) is 5.91 Å². The molecule has 0 aliphatic rings. The molecule has 0 saturated heterocycles. The molecule has 0 radical (unpaired) electrons. The van der Waals surface area contributed by atoms with Crippen molar-refractivity contribution in [2.75, 3.05) is 6.61 Å². The third-order valence-corrected chi connectivity index (χ3v) is 3.47. The Morgan fingerprint density at radius 3 is 3.00 bits per heavy atom. The lowest BCUT2D eigenvalue weighted by molar-refractivity contribution is 0.0949. The van der Waals surface area contributed by atoms with E-state index in [-0.39, 0.29) is 5.91 Å². The molecule has 1 N–H and O–H groups in total. The maximum Gasteiger partial charge on any atom is 0.254 e. The number of aryl methyl sites for hydroxylation is 1. The van der Waals surface area contributed by atoms with E-state index in [1.54, 1.807) is 29.2 Å². The SMILES string of the molecule is CCOc1ncccc1CNC(=O)c1cnc2ccnn2c1C. The first-order valence-electron chi connectivity index (χ1n) is 7.35. The number of aromatic nitrogens is 4. The average molecular weight is 311 g/mol. The Kier molecular flexibility index (Phi) is 4.18. The van der Waals surface area contributed by atoms with Gasteiger partial charge in [0.15, 0.2) is 5.65 Å². The molecule has 0 aliphatic heterocycles. The molecule has 3 aromatic rings. The Balaban J connectivity index is 1.77. The predicted octanol–water partition coefficient (Wildman–Crippen LogP) is 1.76. The van der Waals surface area contributed by atoms with Gasteiger partial charge in [-0.05, 0) is 19.9 Å². The van der Waals surface area contributed by atoms with E-state index in [4.69, 9.17) is 4.74 Å². The number of hydrogen-bond acceptors (Lipinski definition) is 5. The summed E-state index contributed by atoms with van der Waals surface area (Å²) in [6, 6.07) is 5.48. The first-order chi connectivity index (χ1) is 11.2. The highest BCUT2D eigenvalue weighted by molar-refractivity contribution is 5.95. The van der Waals surface area contributed by atoms with Crippen LogP contribution in [0.25, 0.3) is 5.65 Å². The fourth-order valence-corrected chi connectivity index (χ4v) is 2.31. The van der Waals surface area contributed by atoms with Gasteiger partial charge in [0.2, 0.25) is 5.88 Å². The van der Waals surface area contributed by atoms with Crippen LogP contribution >= 0.6 is 0 Å². The molecule has 0 spiro atoms. The van der Waals surface area contributed by atoms with Crippen molar-refractivity contribution in [3.63, 3.8) is 0 Å². The molecule has 3 aromatic heterocycles. The number of fused-ring (bicyclic) bond motifs is 1. The molecule has 0 aromatic carbocycles. The molecule has 0 aliphatic carbocycles. The van der Waals surface area contributed by atoms with Crippen LogP contribution in [0.3, 0.4) is 0 Å². The van der Waals surface area contributed by atoms with Crippen molar-refractivity contribution < 1.29 is 9.53 Å². The second-order valence-corrected chi connectivity index (χ2v) is 4.94. The van der Waals surface area contributed by atoms with Crippen molar-refractivity contribution in [3.05, 3.63) is 53.6 Å². The maximum atomic E-state index is 12.4. The third-order valence-electron chi connectivity index (χ3n) is 3.47. The van der Waals surface area contributed by atoms with Crippen molar-refractivity contribution in [2.24, 2.45) is 0 Å². The van der Waals surface area contributed by atoms with E-state index in [0.717, 1.165) is 11.3 Å². The van der Waals surface area contributed by atoms with Gasteiger partial charge in [0.1, 0.15) is 0 Å².